The van der Waals surface area contributed by atoms with Gasteiger partial charge in [0.25, 0.3) is 0 Å². The second-order valence-corrected chi connectivity index (χ2v) is 8.95. The Hall–Kier alpha value is -2.34. The van der Waals surface area contributed by atoms with E-state index in [1.807, 2.05) is 32.0 Å². The molecule has 0 fully saturated rings. The molecule has 2 aromatic carbocycles. The van der Waals surface area contributed by atoms with E-state index < -0.39 is 0 Å². The van der Waals surface area contributed by atoms with Gasteiger partial charge in [-0.25, -0.2) is 9.37 Å². The third-order valence-electron chi connectivity index (χ3n) is 5.23. The summed E-state index contributed by atoms with van der Waals surface area (Å²) >= 11 is 1.49. The molecule has 0 radical (unpaired) electrons. The lowest BCUT2D eigenvalue weighted by Gasteiger charge is -2.18. The van der Waals surface area contributed by atoms with Crippen LogP contribution in [0.2, 0.25) is 0 Å². The Morgan fingerprint density at radius 2 is 1.83 bits per heavy atom. The predicted octanol–water partition coefficient (Wildman–Crippen LogP) is 6.11. The van der Waals surface area contributed by atoms with E-state index in [4.69, 9.17) is 4.98 Å². The largest absolute Gasteiger partial charge is 0.349 e. The lowest BCUT2D eigenvalue weighted by atomic mass is 10.1. The lowest BCUT2D eigenvalue weighted by Crippen LogP contribution is -2.33. The number of unbranched alkanes of at least 4 members (excludes halogenated alkanes) is 3. The maximum Gasteiger partial charge on any atom is 0.233 e. The quantitative estimate of drug-likeness (QED) is 0.313. The van der Waals surface area contributed by atoms with Crippen molar-refractivity contribution in [2.75, 3.05) is 0 Å². The normalized spacial score (nSPS) is 13.3. The Morgan fingerprint density at radius 3 is 2.57 bits per heavy atom. The molecule has 1 heterocycles. The molecule has 0 aliphatic rings. The van der Waals surface area contributed by atoms with Crippen LogP contribution in [0.4, 0.5) is 4.39 Å². The number of para-hydroxylation sites is 2. The minimum atomic E-state index is -0.292. The first-order chi connectivity index (χ1) is 14.5. The summed E-state index contributed by atoms with van der Waals surface area (Å²) in [7, 11) is 0. The van der Waals surface area contributed by atoms with Gasteiger partial charge < -0.3 is 9.88 Å². The molecule has 3 aromatic rings. The first-order valence-electron chi connectivity index (χ1n) is 10.7. The predicted molar refractivity (Wildman–Crippen MR) is 122 cm³/mol. The Kier molecular flexibility index (Phi) is 7.91. The van der Waals surface area contributed by atoms with Crippen LogP contribution >= 0.6 is 11.8 Å². The Balaban J connectivity index is 1.69. The fourth-order valence-electron chi connectivity index (χ4n) is 3.43. The monoisotopic (exact) mass is 427 g/mol. The number of nitrogens with one attached hydrogen (secondary N) is 1. The second-order valence-electron chi connectivity index (χ2n) is 7.64. The number of thioether (sulfide) groups is 1. The Labute approximate surface area is 182 Å². The van der Waals surface area contributed by atoms with E-state index in [2.05, 4.69) is 22.9 Å². The number of carbonyl (C=O) groups excluding carboxylic acids is 1. The summed E-state index contributed by atoms with van der Waals surface area (Å²) in [6.07, 6.45) is 4.73. The van der Waals surface area contributed by atoms with Gasteiger partial charge in [0.2, 0.25) is 5.91 Å². The molecule has 30 heavy (non-hydrogen) atoms. The zero-order chi connectivity index (χ0) is 21.5. The lowest BCUT2D eigenvalue weighted by molar-refractivity contribution is -0.120. The molecule has 1 N–H and O–H groups in total. The Morgan fingerprint density at radius 1 is 1.10 bits per heavy atom. The number of fused-ring (bicyclic) bond motifs is 1. The van der Waals surface area contributed by atoms with Crippen molar-refractivity contribution in [1.82, 2.24) is 14.9 Å². The van der Waals surface area contributed by atoms with Crippen molar-refractivity contribution in [1.29, 1.82) is 0 Å². The molecule has 0 aliphatic carbocycles. The van der Waals surface area contributed by atoms with Gasteiger partial charge >= 0.3 is 0 Å². The number of halogens is 1. The first kappa shape index (κ1) is 22.3. The van der Waals surface area contributed by atoms with Gasteiger partial charge in [0.15, 0.2) is 5.16 Å². The third kappa shape index (κ3) is 5.63. The van der Waals surface area contributed by atoms with Crippen molar-refractivity contribution in [2.24, 2.45) is 0 Å². The number of imidazole rings is 1. The molecular weight excluding hydrogens is 397 g/mol. The first-order valence-corrected chi connectivity index (χ1v) is 11.5. The van der Waals surface area contributed by atoms with Crippen molar-refractivity contribution >= 4 is 28.7 Å². The highest BCUT2D eigenvalue weighted by Crippen LogP contribution is 2.28. The van der Waals surface area contributed by atoms with Crippen LogP contribution in [-0.4, -0.2) is 20.7 Å². The van der Waals surface area contributed by atoms with E-state index in [1.54, 1.807) is 12.1 Å². The second kappa shape index (κ2) is 10.6. The number of benzene rings is 2. The van der Waals surface area contributed by atoms with E-state index in [1.165, 1.54) is 43.2 Å². The molecule has 0 bridgehead atoms. The summed E-state index contributed by atoms with van der Waals surface area (Å²) < 4.78 is 15.4. The van der Waals surface area contributed by atoms with Crippen LogP contribution in [0.25, 0.3) is 11.0 Å². The SMILES string of the molecule is CCCCCCn1c(S[C@H](C)C(=O)N[C@H](C)c2ccc(F)cc2)nc2ccccc21. The summed E-state index contributed by atoms with van der Waals surface area (Å²) in [5.41, 5.74) is 2.96. The number of carbonyl (C=O) groups is 1. The minimum absolute atomic E-state index is 0.0542. The smallest absolute Gasteiger partial charge is 0.233 e. The van der Waals surface area contributed by atoms with Crippen molar-refractivity contribution in [2.45, 2.75) is 69.4 Å². The maximum absolute atomic E-state index is 13.1. The van der Waals surface area contributed by atoms with Crippen LogP contribution in [0.1, 0.15) is 58.1 Å². The van der Waals surface area contributed by atoms with Gasteiger partial charge in [-0.15, -0.1) is 0 Å². The molecule has 0 unspecified atom stereocenters. The molecule has 0 spiro atoms. The van der Waals surface area contributed by atoms with E-state index in [0.29, 0.717) is 0 Å². The molecule has 1 aromatic heterocycles. The number of amides is 1. The van der Waals surface area contributed by atoms with Gasteiger partial charge in [-0.1, -0.05) is 62.2 Å². The van der Waals surface area contributed by atoms with Gasteiger partial charge in [-0.2, -0.15) is 0 Å². The molecule has 3 rings (SSSR count). The zero-order valence-electron chi connectivity index (χ0n) is 17.9. The molecule has 160 valence electrons. The maximum atomic E-state index is 13.1. The molecule has 2 atom stereocenters. The fraction of sp³-hybridized carbons (Fsp3) is 0.417. The van der Waals surface area contributed by atoms with Crippen LogP contribution in [0, 0.1) is 5.82 Å². The average Bonchev–Trinajstić information content (AvgIpc) is 3.08. The molecule has 0 saturated heterocycles. The molecule has 1 amide bonds. The molecule has 0 saturated carbocycles. The standard InChI is InChI=1S/C24H30FN3OS/c1-4-5-6-9-16-28-22-11-8-7-10-21(22)27-24(28)30-18(3)23(29)26-17(2)19-12-14-20(25)15-13-19/h7-8,10-15,17-18H,4-6,9,16H2,1-3H3,(H,26,29)/t17-,18-/m1/s1. The van der Waals surface area contributed by atoms with Crippen LogP contribution in [0.15, 0.2) is 53.7 Å². The number of hydrogen-bond acceptors (Lipinski definition) is 3. The highest BCUT2D eigenvalue weighted by atomic mass is 32.2. The zero-order valence-corrected chi connectivity index (χ0v) is 18.7. The summed E-state index contributed by atoms with van der Waals surface area (Å²) in [5.74, 6) is -0.333. The minimum Gasteiger partial charge on any atom is -0.349 e. The van der Waals surface area contributed by atoms with Crippen molar-refractivity contribution in [3.63, 3.8) is 0 Å². The van der Waals surface area contributed by atoms with Gasteiger partial charge in [0.1, 0.15) is 5.82 Å². The van der Waals surface area contributed by atoms with Crippen molar-refractivity contribution in [3.05, 3.63) is 59.9 Å². The summed E-state index contributed by atoms with van der Waals surface area (Å²) in [6.45, 7) is 6.92. The van der Waals surface area contributed by atoms with Crippen molar-refractivity contribution in [3.8, 4) is 0 Å². The van der Waals surface area contributed by atoms with E-state index >= 15 is 0 Å². The number of aryl methyl sites for hydroxylation is 1. The van der Waals surface area contributed by atoms with E-state index in [9.17, 15) is 9.18 Å². The van der Waals surface area contributed by atoms with Crippen LogP contribution < -0.4 is 5.32 Å². The fourth-order valence-corrected chi connectivity index (χ4v) is 4.39. The number of rotatable bonds is 10. The molecule has 4 nitrogen and oxygen atoms in total. The van der Waals surface area contributed by atoms with Crippen molar-refractivity contribution < 1.29 is 9.18 Å². The van der Waals surface area contributed by atoms with Crippen LogP contribution in [-0.2, 0) is 11.3 Å². The summed E-state index contributed by atoms with van der Waals surface area (Å²) in [4.78, 5) is 17.6. The highest BCUT2D eigenvalue weighted by molar-refractivity contribution is 8.00. The summed E-state index contributed by atoms with van der Waals surface area (Å²) in [6, 6.07) is 14.2. The third-order valence-corrected chi connectivity index (χ3v) is 6.33. The molecule has 6 heteroatoms. The molecular formula is C24H30FN3OS. The number of nitrogens with zero attached hydrogens (tertiary/aromatic N) is 2. The van der Waals surface area contributed by atoms with Gasteiger partial charge in [-0.05, 0) is 50.1 Å². The summed E-state index contributed by atoms with van der Waals surface area (Å²) in [5, 5.41) is 3.62. The van der Waals surface area contributed by atoms with Gasteiger partial charge in [0.05, 0.1) is 22.3 Å². The van der Waals surface area contributed by atoms with Crippen LogP contribution in [0.5, 0.6) is 0 Å². The Bertz CT molecular complexity index is 970. The molecule has 0 aliphatic heterocycles. The number of hydrogen-bond donors (Lipinski definition) is 1. The average molecular weight is 428 g/mol. The van der Waals surface area contributed by atoms with Crippen LogP contribution in [0.3, 0.4) is 0 Å². The van der Waals surface area contributed by atoms with Gasteiger partial charge in [-0.3, -0.25) is 4.79 Å². The van der Waals surface area contributed by atoms with Gasteiger partial charge in [0, 0.05) is 6.54 Å². The topological polar surface area (TPSA) is 46.9 Å². The van der Waals surface area contributed by atoms with E-state index in [-0.39, 0.29) is 23.0 Å². The van der Waals surface area contributed by atoms with E-state index in [0.717, 1.165) is 34.7 Å². The highest BCUT2D eigenvalue weighted by Gasteiger charge is 2.21. The number of aromatic nitrogens is 2.